The first-order chi connectivity index (χ1) is 21.3. The summed E-state index contributed by atoms with van der Waals surface area (Å²) >= 11 is 0. The fraction of sp³-hybridized carbons (Fsp3) is 0.406. The minimum absolute atomic E-state index is 0.0330. The molecule has 1 fully saturated rings. The van der Waals surface area contributed by atoms with E-state index in [2.05, 4.69) is 16.5 Å². The van der Waals surface area contributed by atoms with Gasteiger partial charge in [0.2, 0.25) is 17.7 Å². The van der Waals surface area contributed by atoms with E-state index in [1.165, 1.54) is 17.9 Å². The molecule has 0 radical (unpaired) electrons. The van der Waals surface area contributed by atoms with Crippen LogP contribution < -0.4 is 14.7 Å². The molecular weight excluding hydrogens is 587 g/mol. The van der Waals surface area contributed by atoms with Crippen LogP contribution in [0.3, 0.4) is 0 Å². The van der Waals surface area contributed by atoms with E-state index in [9.17, 15) is 27.6 Å². The molecule has 0 bridgehead atoms. The van der Waals surface area contributed by atoms with Crippen LogP contribution in [0.5, 0.6) is 0 Å². The number of aryl methyl sites for hydroxylation is 2. The second kappa shape index (κ2) is 11.0. The number of amides is 3. The molecular formula is C32H34F3N7O3. The molecule has 1 saturated heterocycles. The average molecular weight is 622 g/mol. The van der Waals surface area contributed by atoms with Crippen LogP contribution in [-0.2, 0) is 40.2 Å². The number of nitrogens with zero attached hydrogens (tertiary/aromatic N) is 7. The van der Waals surface area contributed by atoms with Gasteiger partial charge >= 0.3 is 6.18 Å². The van der Waals surface area contributed by atoms with Gasteiger partial charge in [-0.3, -0.25) is 19.3 Å². The Morgan fingerprint density at radius 1 is 1.13 bits per heavy atom. The number of hydrogen-bond donors (Lipinski definition) is 0. The summed E-state index contributed by atoms with van der Waals surface area (Å²) in [6.07, 6.45) is -1.41. The van der Waals surface area contributed by atoms with E-state index in [1.807, 2.05) is 42.8 Å². The predicted molar refractivity (Wildman–Crippen MR) is 161 cm³/mol. The predicted octanol–water partition coefficient (Wildman–Crippen LogP) is 4.24. The van der Waals surface area contributed by atoms with Gasteiger partial charge in [-0.1, -0.05) is 18.7 Å². The van der Waals surface area contributed by atoms with Crippen LogP contribution in [0, 0.1) is 19.8 Å². The highest BCUT2D eigenvalue weighted by atomic mass is 19.4. The van der Waals surface area contributed by atoms with Gasteiger partial charge in [0.25, 0.3) is 0 Å². The van der Waals surface area contributed by atoms with Gasteiger partial charge in [-0.25, -0.2) is 9.97 Å². The first-order valence-corrected chi connectivity index (χ1v) is 14.7. The molecule has 5 heterocycles. The lowest BCUT2D eigenvalue weighted by Crippen LogP contribution is -2.52. The highest BCUT2D eigenvalue weighted by Crippen LogP contribution is 2.42. The summed E-state index contributed by atoms with van der Waals surface area (Å²) in [5, 5.41) is 0. The molecule has 2 aromatic heterocycles. The molecule has 10 nitrogen and oxygen atoms in total. The lowest BCUT2D eigenvalue weighted by Gasteiger charge is -2.39. The molecule has 0 aliphatic carbocycles. The normalized spacial score (nSPS) is 21.7. The lowest BCUT2D eigenvalue weighted by molar-refractivity contribution is -0.137. The molecule has 3 atom stereocenters. The van der Waals surface area contributed by atoms with Crippen molar-refractivity contribution in [3.8, 4) is 0 Å². The number of halogens is 3. The number of carbonyl (C=O) groups is 3. The number of alkyl halides is 3. The van der Waals surface area contributed by atoms with Gasteiger partial charge in [-0.15, -0.1) is 0 Å². The Hall–Kier alpha value is -4.68. The summed E-state index contributed by atoms with van der Waals surface area (Å²) in [6.45, 7) is 10.5. The maximum Gasteiger partial charge on any atom is 0.416 e. The summed E-state index contributed by atoms with van der Waals surface area (Å²) in [4.78, 5) is 55.6. The van der Waals surface area contributed by atoms with Gasteiger partial charge in [0.05, 0.1) is 35.7 Å². The summed E-state index contributed by atoms with van der Waals surface area (Å²) in [5.74, 6) is -0.992. The van der Waals surface area contributed by atoms with Gasteiger partial charge in [-0.05, 0) is 50.6 Å². The molecule has 0 spiro atoms. The van der Waals surface area contributed by atoms with Crippen LogP contribution in [0.25, 0.3) is 0 Å². The molecule has 3 aliphatic heterocycles. The molecule has 236 valence electrons. The van der Waals surface area contributed by atoms with Crippen molar-refractivity contribution in [3.63, 3.8) is 0 Å². The Morgan fingerprint density at radius 2 is 1.89 bits per heavy atom. The van der Waals surface area contributed by atoms with Crippen molar-refractivity contribution in [1.29, 1.82) is 0 Å². The van der Waals surface area contributed by atoms with Crippen LogP contribution in [0.1, 0.15) is 41.7 Å². The minimum atomic E-state index is -4.64. The number of aromatic nitrogens is 3. The van der Waals surface area contributed by atoms with E-state index in [0.717, 1.165) is 39.8 Å². The standard InChI is InChI=1S/C32H34F3N7O3/c1-6-27(43)41-17-26-37-23(15-39(26)13-20(41)4)16-40-14-21-11-28(44)42(25-12-22(32(33,34)35)10-19(3)36-25)30(21)31(45)38(5)24-9-7-8-18(2)29(24)40/h6-10,12,15,20-21,30H,1,11,13-14,16-17H2,2-5H3/t20-,21-,30+/m1/s1. The molecule has 3 aromatic rings. The number of benzene rings is 1. The number of anilines is 3. The van der Waals surface area contributed by atoms with E-state index >= 15 is 0 Å². The van der Waals surface area contributed by atoms with E-state index in [4.69, 9.17) is 4.98 Å². The van der Waals surface area contributed by atoms with Crippen molar-refractivity contribution in [2.75, 3.05) is 28.3 Å². The van der Waals surface area contributed by atoms with E-state index in [-0.39, 0.29) is 36.4 Å². The van der Waals surface area contributed by atoms with Gasteiger partial charge in [0, 0.05) is 50.4 Å². The summed E-state index contributed by atoms with van der Waals surface area (Å²) in [6, 6.07) is 6.27. The van der Waals surface area contributed by atoms with E-state index in [1.54, 1.807) is 11.9 Å². The molecule has 3 aliphatic rings. The fourth-order valence-electron chi connectivity index (χ4n) is 6.82. The van der Waals surface area contributed by atoms with Gasteiger partial charge in [0.1, 0.15) is 17.7 Å². The van der Waals surface area contributed by atoms with Crippen LogP contribution >= 0.6 is 0 Å². The van der Waals surface area contributed by atoms with E-state index < -0.39 is 35.5 Å². The summed E-state index contributed by atoms with van der Waals surface area (Å²) in [7, 11) is 1.62. The topological polar surface area (TPSA) is 94.9 Å². The Labute approximate surface area is 258 Å². The monoisotopic (exact) mass is 621 g/mol. The summed E-state index contributed by atoms with van der Waals surface area (Å²) in [5.41, 5.74) is 2.27. The molecule has 3 amide bonds. The third-order valence-electron chi connectivity index (χ3n) is 8.90. The quantitative estimate of drug-likeness (QED) is 0.405. The Balaban J connectivity index is 1.39. The van der Waals surface area contributed by atoms with Crippen molar-refractivity contribution in [2.45, 2.75) is 65.1 Å². The molecule has 1 aromatic carbocycles. The zero-order valence-corrected chi connectivity index (χ0v) is 25.5. The zero-order chi connectivity index (χ0) is 32.4. The first kappa shape index (κ1) is 30.4. The van der Waals surface area contributed by atoms with Crippen LogP contribution in [0.4, 0.5) is 30.4 Å². The Bertz CT molecular complexity index is 1720. The molecule has 45 heavy (non-hydrogen) atoms. The lowest BCUT2D eigenvalue weighted by atomic mass is 9.95. The Morgan fingerprint density at radius 3 is 2.60 bits per heavy atom. The number of imidazole rings is 1. The molecule has 0 saturated carbocycles. The number of rotatable bonds is 4. The number of pyridine rings is 1. The van der Waals surface area contributed by atoms with Crippen molar-refractivity contribution in [3.05, 3.63) is 77.5 Å². The molecule has 0 unspecified atom stereocenters. The van der Waals surface area contributed by atoms with Gasteiger partial charge in [-0.2, -0.15) is 13.2 Å². The van der Waals surface area contributed by atoms with Crippen LogP contribution in [0.15, 0.2) is 49.2 Å². The summed E-state index contributed by atoms with van der Waals surface area (Å²) < 4.78 is 43.2. The highest BCUT2D eigenvalue weighted by molar-refractivity contribution is 6.10. The highest BCUT2D eigenvalue weighted by Gasteiger charge is 2.49. The maximum atomic E-state index is 14.1. The third-order valence-corrected chi connectivity index (χ3v) is 8.90. The number of para-hydroxylation sites is 1. The SMILES string of the molecule is C=CC(=O)N1Cc2nc(CN3C[C@H]4CC(=O)N(c5cc(C(F)(F)F)cc(C)n5)[C@@H]4C(=O)N(C)c4cccc(C)c43)cn2C[C@H]1C. The first-order valence-electron chi connectivity index (χ1n) is 14.7. The van der Waals surface area contributed by atoms with Crippen molar-refractivity contribution >= 4 is 34.9 Å². The van der Waals surface area contributed by atoms with E-state index in [0.29, 0.717) is 25.3 Å². The number of likely N-dealkylation sites (N-methyl/N-ethyl adjacent to an activating group) is 1. The second-order valence-electron chi connectivity index (χ2n) is 12.1. The largest absolute Gasteiger partial charge is 0.416 e. The third kappa shape index (κ3) is 5.33. The van der Waals surface area contributed by atoms with Gasteiger partial charge in [0.15, 0.2) is 0 Å². The van der Waals surface area contributed by atoms with Gasteiger partial charge < -0.3 is 19.3 Å². The maximum absolute atomic E-state index is 14.1. The second-order valence-corrected chi connectivity index (χ2v) is 12.1. The fourth-order valence-corrected chi connectivity index (χ4v) is 6.82. The average Bonchev–Trinajstić information content (AvgIpc) is 3.52. The molecule has 13 heteroatoms. The van der Waals surface area contributed by atoms with Crippen molar-refractivity contribution in [1.82, 2.24) is 19.4 Å². The number of fused-ring (bicyclic) bond motifs is 3. The minimum Gasteiger partial charge on any atom is -0.363 e. The van der Waals surface area contributed by atoms with Crippen molar-refractivity contribution < 1.29 is 27.6 Å². The molecule has 0 N–H and O–H groups in total. The molecule has 6 rings (SSSR count). The van der Waals surface area contributed by atoms with Crippen LogP contribution in [0.2, 0.25) is 0 Å². The van der Waals surface area contributed by atoms with Crippen LogP contribution in [-0.4, -0.2) is 62.8 Å². The van der Waals surface area contributed by atoms with Crippen molar-refractivity contribution in [2.24, 2.45) is 5.92 Å². The zero-order valence-electron chi connectivity index (χ0n) is 25.5. The smallest absolute Gasteiger partial charge is 0.363 e. The number of carbonyl (C=O) groups excluding carboxylic acids is 3. The Kier molecular flexibility index (Phi) is 7.45. The number of hydrogen-bond acceptors (Lipinski definition) is 6.